The molecule has 0 aliphatic rings. The van der Waals surface area contributed by atoms with Gasteiger partial charge in [-0.25, -0.2) is 13.8 Å². The molecule has 2 rings (SSSR count). The Kier molecular flexibility index (Phi) is 2.14. The van der Waals surface area contributed by atoms with E-state index in [9.17, 15) is 8.78 Å². The van der Waals surface area contributed by atoms with Gasteiger partial charge in [-0.05, 0) is 0 Å². The summed E-state index contributed by atoms with van der Waals surface area (Å²) in [4.78, 5) is 6.42. The van der Waals surface area contributed by atoms with Crippen molar-refractivity contribution in [3.05, 3.63) is 18.1 Å². The maximum atomic E-state index is 12.6. The van der Waals surface area contributed by atoms with E-state index >= 15 is 0 Å². The second-order valence-corrected chi connectivity index (χ2v) is 3.08. The number of H-pyrrole nitrogens is 1. The minimum atomic E-state index is -2.62. The molecular weight excluding hydrogens is 204 g/mol. The van der Waals surface area contributed by atoms with Crippen LogP contribution in [0.15, 0.2) is 12.4 Å². The van der Waals surface area contributed by atoms with Crippen molar-refractivity contribution < 1.29 is 8.78 Å². The van der Waals surface area contributed by atoms with Crippen LogP contribution >= 0.6 is 0 Å². The van der Waals surface area contributed by atoms with Crippen LogP contribution < -0.4 is 5.73 Å². The van der Waals surface area contributed by atoms with Gasteiger partial charge >= 0.3 is 0 Å². The van der Waals surface area contributed by atoms with Gasteiger partial charge in [0.2, 0.25) is 0 Å². The van der Waals surface area contributed by atoms with Gasteiger partial charge in [-0.3, -0.25) is 4.68 Å². The molecule has 15 heavy (non-hydrogen) atoms. The van der Waals surface area contributed by atoms with Crippen LogP contribution in [-0.2, 0) is 7.05 Å². The minimum absolute atomic E-state index is 0.189. The lowest BCUT2D eigenvalue weighted by Crippen LogP contribution is -1.92. The molecule has 0 fully saturated rings. The van der Waals surface area contributed by atoms with E-state index in [0.29, 0.717) is 11.3 Å². The number of nitrogen functional groups attached to an aromatic ring is 1. The largest absolute Gasteiger partial charge is 0.369 e. The van der Waals surface area contributed by atoms with E-state index in [1.54, 1.807) is 7.05 Å². The fourth-order valence-electron chi connectivity index (χ4n) is 1.35. The number of hydrogen-bond donors (Lipinski definition) is 2. The predicted octanol–water partition coefficient (Wildman–Crippen LogP) is 1.33. The van der Waals surface area contributed by atoms with Crippen LogP contribution in [0.2, 0.25) is 0 Å². The first-order chi connectivity index (χ1) is 7.08. The topological polar surface area (TPSA) is 72.5 Å². The van der Waals surface area contributed by atoms with E-state index in [1.165, 1.54) is 17.1 Å². The van der Waals surface area contributed by atoms with E-state index in [-0.39, 0.29) is 11.6 Å². The Morgan fingerprint density at radius 2 is 2.27 bits per heavy atom. The number of anilines is 1. The Morgan fingerprint density at radius 1 is 1.53 bits per heavy atom. The fourth-order valence-corrected chi connectivity index (χ4v) is 1.35. The summed E-state index contributed by atoms with van der Waals surface area (Å²) in [5.41, 5.74) is 5.85. The first-order valence-corrected chi connectivity index (χ1v) is 4.20. The third-order valence-electron chi connectivity index (χ3n) is 1.95. The lowest BCUT2D eigenvalue weighted by Gasteiger charge is -1.96. The first kappa shape index (κ1) is 9.63. The molecule has 0 aromatic carbocycles. The number of aromatic amines is 1. The van der Waals surface area contributed by atoms with Crippen molar-refractivity contribution in [1.29, 1.82) is 0 Å². The summed E-state index contributed by atoms with van der Waals surface area (Å²) in [6.45, 7) is 0. The quantitative estimate of drug-likeness (QED) is 0.790. The number of halogens is 2. The van der Waals surface area contributed by atoms with Gasteiger partial charge < -0.3 is 10.7 Å². The van der Waals surface area contributed by atoms with Crippen LogP contribution in [-0.4, -0.2) is 19.7 Å². The lowest BCUT2D eigenvalue weighted by atomic mass is 10.2. The molecule has 0 aliphatic heterocycles. The first-order valence-electron chi connectivity index (χ1n) is 4.20. The van der Waals surface area contributed by atoms with E-state index in [0.717, 1.165) is 0 Å². The minimum Gasteiger partial charge on any atom is -0.369 e. The number of hydrogen-bond acceptors (Lipinski definition) is 3. The Labute approximate surface area is 83.9 Å². The standard InChI is InChI=1S/C8H9F2N5/c1-15-3-4(6(14-15)7(9)10)5-2-12-8(11)13-5/h2-3,7H,1H3,(H3,11,12,13). The van der Waals surface area contributed by atoms with Crippen molar-refractivity contribution in [3.63, 3.8) is 0 Å². The molecule has 3 N–H and O–H groups in total. The van der Waals surface area contributed by atoms with Gasteiger partial charge in [-0.2, -0.15) is 5.10 Å². The Hall–Kier alpha value is -1.92. The average Bonchev–Trinajstić information content (AvgIpc) is 2.71. The summed E-state index contributed by atoms with van der Waals surface area (Å²) in [6, 6.07) is 0. The van der Waals surface area contributed by atoms with Crippen molar-refractivity contribution in [3.8, 4) is 11.3 Å². The maximum absolute atomic E-state index is 12.6. The molecule has 7 heteroatoms. The van der Waals surface area contributed by atoms with Crippen molar-refractivity contribution in [2.75, 3.05) is 5.73 Å². The normalized spacial score (nSPS) is 11.2. The molecule has 0 radical (unpaired) electrons. The second kappa shape index (κ2) is 3.34. The van der Waals surface area contributed by atoms with E-state index in [4.69, 9.17) is 5.73 Å². The third kappa shape index (κ3) is 1.67. The van der Waals surface area contributed by atoms with E-state index < -0.39 is 6.43 Å². The van der Waals surface area contributed by atoms with Crippen molar-refractivity contribution >= 4 is 5.95 Å². The second-order valence-electron chi connectivity index (χ2n) is 3.08. The number of rotatable bonds is 2. The molecule has 0 saturated heterocycles. The summed E-state index contributed by atoms with van der Waals surface area (Å²) in [5.74, 6) is 0.189. The predicted molar refractivity (Wildman–Crippen MR) is 50.2 cm³/mol. The summed E-state index contributed by atoms with van der Waals surface area (Å²) < 4.78 is 26.5. The van der Waals surface area contributed by atoms with E-state index in [2.05, 4.69) is 15.1 Å². The number of nitrogens with one attached hydrogen (secondary N) is 1. The molecule has 2 aromatic heterocycles. The maximum Gasteiger partial charge on any atom is 0.282 e. The van der Waals surface area contributed by atoms with Crippen LogP contribution in [0.5, 0.6) is 0 Å². The highest BCUT2D eigenvalue weighted by molar-refractivity contribution is 5.62. The summed E-state index contributed by atoms with van der Waals surface area (Å²) in [6.07, 6.45) is 0.276. The van der Waals surface area contributed by atoms with Gasteiger partial charge in [0, 0.05) is 18.8 Å². The van der Waals surface area contributed by atoms with Gasteiger partial charge in [-0.15, -0.1) is 0 Å². The number of alkyl halides is 2. The monoisotopic (exact) mass is 213 g/mol. The highest BCUT2D eigenvalue weighted by Gasteiger charge is 2.19. The van der Waals surface area contributed by atoms with Gasteiger partial charge in [0.15, 0.2) is 5.95 Å². The van der Waals surface area contributed by atoms with Crippen LogP contribution in [0.4, 0.5) is 14.7 Å². The molecule has 0 aliphatic carbocycles. The van der Waals surface area contributed by atoms with Crippen LogP contribution in [0, 0.1) is 0 Å². The van der Waals surface area contributed by atoms with Crippen LogP contribution in [0.25, 0.3) is 11.3 Å². The van der Waals surface area contributed by atoms with Crippen LogP contribution in [0.1, 0.15) is 12.1 Å². The number of nitrogens with zero attached hydrogens (tertiary/aromatic N) is 3. The van der Waals surface area contributed by atoms with Crippen molar-refractivity contribution in [2.24, 2.45) is 7.05 Å². The molecule has 0 saturated carbocycles. The molecule has 0 bridgehead atoms. The van der Waals surface area contributed by atoms with Crippen molar-refractivity contribution in [1.82, 2.24) is 19.7 Å². The number of aryl methyl sites for hydroxylation is 1. The number of imidazole rings is 1. The molecule has 0 amide bonds. The molecule has 2 heterocycles. The van der Waals surface area contributed by atoms with Gasteiger partial charge in [0.25, 0.3) is 6.43 Å². The van der Waals surface area contributed by atoms with Crippen molar-refractivity contribution in [2.45, 2.75) is 6.43 Å². The molecule has 0 unspecified atom stereocenters. The highest BCUT2D eigenvalue weighted by Crippen LogP contribution is 2.28. The third-order valence-corrected chi connectivity index (χ3v) is 1.95. The molecule has 5 nitrogen and oxygen atoms in total. The lowest BCUT2D eigenvalue weighted by molar-refractivity contribution is 0.146. The fraction of sp³-hybridized carbons (Fsp3) is 0.250. The Bertz CT molecular complexity index is 473. The van der Waals surface area contributed by atoms with Gasteiger partial charge in [0.05, 0.1) is 11.9 Å². The van der Waals surface area contributed by atoms with Crippen LogP contribution in [0.3, 0.4) is 0 Å². The average molecular weight is 213 g/mol. The van der Waals surface area contributed by atoms with Gasteiger partial charge in [-0.1, -0.05) is 0 Å². The highest BCUT2D eigenvalue weighted by atomic mass is 19.3. The molecule has 0 atom stereocenters. The molecule has 2 aromatic rings. The Morgan fingerprint density at radius 3 is 2.80 bits per heavy atom. The SMILES string of the molecule is Cn1cc(-c2cnc(N)[nH]2)c(C(F)F)n1. The number of aromatic nitrogens is 4. The zero-order valence-corrected chi connectivity index (χ0v) is 7.91. The van der Waals surface area contributed by atoms with Gasteiger partial charge in [0.1, 0.15) is 5.69 Å². The summed E-state index contributed by atoms with van der Waals surface area (Å²) in [7, 11) is 1.58. The smallest absolute Gasteiger partial charge is 0.282 e. The molecule has 0 spiro atoms. The summed E-state index contributed by atoms with van der Waals surface area (Å²) in [5, 5.41) is 3.67. The zero-order chi connectivity index (χ0) is 11.0. The van der Waals surface area contributed by atoms with E-state index in [1.807, 2.05) is 0 Å². The Balaban J connectivity index is 2.52. The number of nitrogens with two attached hydrogens (primary N) is 1. The zero-order valence-electron chi connectivity index (χ0n) is 7.91. The molecule has 80 valence electrons. The molecular formula is C8H9F2N5. The summed E-state index contributed by atoms with van der Waals surface area (Å²) >= 11 is 0.